The number of hydrogen-bond donors (Lipinski definition) is 1. The van der Waals surface area contributed by atoms with E-state index in [9.17, 15) is 4.79 Å². The van der Waals surface area contributed by atoms with Crippen molar-refractivity contribution in [1.29, 1.82) is 0 Å². The predicted octanol–water partition coefficient (Wildman–Crippen LogP) is 5.42. The molecule has 2 N–H and O–H groups in total. The molecule has 0 bridgehead atoms. The van der Waals surface area contributed by atoms with Crippen LogP contribution in [0.5, 0.6) is 0 Å². The number of benzene rings is 3. The first-order chi connectivity index (χ1) is 14.8. The largest absolute Gasteiger partial charge is 0.366 e. The summed E-state index contributed by atoms with van der Waals surface area (Å²) in [5, 5.41) is 8.78. The number of primary amides is 1. The maximum atomic E-state index is 11.2. The molecular formula is C27H29N3O. The highest BCUT2D eigenvalue weighted by Crippen LogP contribution is 2.16. The SMILES string of the molecule is C/C(=N\N=C(/C)c1ccc(CCc2ccc(C)cc2)c(C)c1)c1ccc(C(N)=O)cc1. The molecule has 0 aliphatic heterocycles. The minimum atomic E-state index is -0.437. The van der Waals surface area contributed by atoms with Crippen LogP contribution in [0.25, 0.3) is 0 Å². The van der Waals surface area contributed by atoms with Gasteiger partial charge in [0.2, 0.25) is 5.91 Å². The third kappa shape index (κ3) is 5.98. The van der Waals surface area contributed by atoms with E-state index in [4.69, 9.17) is 5.73 Å². The van der Waals surface area contributed by atoms with Crippen molar-refractivity contribution in [3.05, 3.63) is 106 Å². The molecule has 0 aliphatic carbocycles. The lowest BCUT2D eigenvalue weighted by atomic mass is 9.97. The lowest BCUT2D eigenvalue weighted by Gasteiger charge is -2.09. The standard InChI is InChI=1S/C27H29N3O/c1-18-5-7-22(8-6-18)9-10-23-11-16-26(17-19(23)2)21(4)30-29-20(3)24-12-14-25(15-13-24)27(28)31/h5-8,11-17H,9-10H2,1-4H3,(H2,28,31)/b29-20+,30-21+. The number of hydrogen-bond acceptors (Lipinski definition) is 3. The Kier molecular flexibility index (Phi) is 7.14. The average molecular weight is 412 g/mol. The maximum Gasteiger partial charge on any atom is 0.248 e. The Labute approximate surface area is 184 Å². The molecule has 0 radical (unpaired) electrons. The Hall–Kier alpha value is -3.53. The molecule has 4 nitrogen and oxygen atoms in total. The van der Waals surface area contributed by atoms with Crippen LogP contribution in [0.15, 0.2) is 76.9 Å². The molecule has 0 heterocycles. The normalized spacial score (nSPS) is 12.1. The first-order valence-electron chi connectivity index (χ1n) is 10.5. The monoisotopic (exact) mass is 411 g/mol. The lowest BCUT2D eigenvalue weighted by Crippen LogP contribution is -2.10. The molecule has 3 rings (SSSR count). The fourth-order valence-electron chi connectivity index (χ4n) is 3.38. The Balaban J connectivity index is 1.69. The molecule has 158 valence electrons. The first kappa shape index (κ1) is 22.2. The zero-order chi connectivity index (χ0) is 22.4. The summed E-state index contributed by atoms with van der Waals surface area (Å²) in [6.07, 6.45) is 2.05. The fourth-order valence-corrected chi connectivity index (χ4v) is 3.38. The van der Waals surface area contributed by atoms with Gasteiger partial charge in [-0.1, -0.05) is 54.1 Å². The second kappa shape index (κ2) is 9.98. The van der Waals surface area contributed by atoms with Crippen LogP contribution in [0.1, 0.15) is 57.6 Å². The van der Waals surface area contributed by atoms with Gasteiger partial charge >= 0.3 is 0 Å². The molecule has 0 spiro atoms. The molecule has 31 heavy (non-hydrogen) atoms. The van der Waals surface area contributed by atoms with E-state index in [-0.39, 0.29) is 0 Å². The molecule has 0 atom stereocenters. The summed E-state index contributed by atoms with van der Waals surface area (Å²) >= 11 is 0. The van der Waals surface area contributed by atoms with Gasteiger partial charge in [0.05, 0.1) is 11.4 Å². The van der Waals surface area contributed by atoms with E-state index in [0.717, 1.165) is 35.4 Å². The van der Waals surface area contributed by atoms with Gasteiger partial charge in [0.1, 0.15) is 0 Å². The summed E-state index contributed by atoms with van der Waals surface area (Å²) < 4.78 is 0. The summed E-state index contributed by atoms with van der Waals surface area (Å²) in [6.45, 7) is 8.13. The van der Waals surface area contributed by atoms with Crippen molar-refractivity contribution < 1.29 is 4.79 Å². The van der Waals surface area contributed by atoms with Gasteiger partial charge < -0.3 is 5.73 Å². The van der Waals surface area contributed by atoms with E-state index in [2.05, 4.69) is 66.5 Å². The van der Waals surface area contributed by atoms with Gasteiger partial charge in [-0.25, -0.2) is 0 Å². The average Bonchev–Trinajstić information content (AvgIpc) is 2.77. The number of carbonyl (C=O) groups excluding carboxylic acids is 1. The lowest BCUT2D eigenvalue weighted by molar-refractivity contribution is 0.100. The van der Waals surface area contributed by atoms with Gasteiger partial charge in [0.15, 0.2) is 0 Å². The number of aryl methyl sites for hydroxylation is 4. The second-order valence-electron chi connectivity index (χ2n) is 7.94. The van der Waals surface area contributed by atoms with Crippen molar-refractivity contribution in [2.24, 2.45) is 15.9 Å². The third-order valence-electron chi connectivity index (χ3n) is 5.50. The topological polar surface area (TPSA) is 67.8 Å². The van der Waals surface area contributed by atoms with Crippen LogP contribution in [-0.2, 0) is 12.8 Å². The number of carbonyl (C=O) groups is 1. The molecule has 3 aromatic carbocycles. The van der Waals surface area contributed by atoms with E-state index in [1.54, 1.807) is 12.1 Å². The zero-order valence-corrected chi connectivity index (χ0v) is 18.6. The highest BCUT2D eigenvalue weighted by atomic mass is 16.1. The molecule has 0 unspecified atom stereocenters. The van der Waals surface area contributed by atoms with Crippen molar-refractivity contribution in [2.75, 3.05) is 0 Å². The zero-order valence-electron chi connectivity index (χ0n) is 18.6. The summed E-state index contributed by atoms with van der Waals surface area (Å²) in [6, 6.07) is 22.3. The molecule has 0 fully saturated rings. The van der Waals surface area contributed by atoms with Gasteiger partial charge in [0, 0.05) is 5.56 Å². The summed E-state index contributed by atoms with van der Waals surface area (Å²) in [7, 11) is 0. The summed E-state index contributed by atoms with van der Waals surface area (Å²) in [4.78, 5) is 11.2. The number of amides is 1. The third-order valence-corrected chi connectivity index (χ3v) is 5.50. The molecule has 0 saturated carbocycles. The van der Waals surface area contributed by atoms with Crippen LogP contribution in [0.2, 0.25) is 0 Å². The Morgan fingerprint density at radius 3 is 1.87 bits per heavy atom. The van der Waals surface area contributed by atoms with Crippen LogP contribution >= 0.6 is 0 Å². The van der Waals surface area contributed by atoms with Crippen LogP contribution in [-0.4, -0.2) is 17.3 Å². The van der Waals surface area contributed by atoms with Crippen molar-refractivity contribution in [2.45, 2.75) is 40.5 Å². The van der Waals surface area contributed by atoms with Gasteiger partial charge in [-0.05, 0) is 86.6 Å². The van der Waals surface area contributed by atoms with E-state index in [0.29, 0.717) is 5.56 Å². The maximum absolute atomic E-state index is 11.2. The predicted molar refractivity (Wildman–Crippen MR) is 129 cm³/mol. The number of nitrogens with zero attached hydrogens (tertiary/aromatic N) is 2. The molecule has 1 amide bonds. The smallest absolute Gasteiger partial charge is 0.248 e. The van der Waals surface area contributed by atoms with Crippen molar-refractivity contribution in [3.63, 3.8) is 0 Å². The van der Waals surface area contributed by atoms with Gasteiger partial charge in [-0.2, -0.15) is 10.2 Å². The minimum Gasteiger partial charge on any atom is -0.366 e. The van der Waals surface area contributed by atoms with E-state index in [1.807, 2.05) is 26.0 Å². The molecule has 4 heteroatoms. The van der Waals surface area contributed by atoms with E-state index >= 15 is 0 Å². The molecule has 0 aliphatic rings. The van der Waals surface area contributed by atoms with Gasteiger partial charge in [-0.15, -0.1) is 0 Å². The quantitative estimate of drug-likeness (QED) is 0.409. The van der Waals surface area contributed by atoms with Crippen LogP contribution in [0.3, 0.4) is 0 Å². The fraction of sp³-hybridized carbons (Fsp3) is 0.222. The van der Waals surface area contributed by atoms with Gasteiger partial charge in [-0.3, -0.25) is 4.79 Å². The van der Waals surface area contributed by atoms with Crippen molar-refractivity contribution in [3.8, 4) is 0 Å². The first-order valence-corrected chi connectivity index (χ1v) is 10.5. The van der Waals surface area contributed by atoms with Gasteiger partial charge in [0.25, 0.3) is 0 Å². The molecular weight excluding hydrogens is 382 g/mol. The molecule has 3 aromatic rings. The van der Waals surface area contributed by atoms with E-state index < -0.39 is 5.91 Å². The summed E-state index contributed by atoms with van der Waals surface area (Å²) in [5.41, 5.74) is 14.7. The van der Waals surface area contributed by atoms with Crippen LogP contribution in [0, 0.1) is 13.8 Å². The van der Waals surface area contributed by atoms with Crippen LogP contribution < -0.4 is 5.73 Å². The Bertz CT molecular complexity index is 1120. The van der Waals surface area contributed by atoms with Crippen molar-refractivity contribution in [1.82, 2.24) is 0 Å². The molecule has 0 aromatic heterocycles. The van der Waals surface area contributed by atoms with Crippen LogP contribution in [0.4, 0.5) is 0 Å². The second-order valence-corrected chi connectivity index (χ2v) is 7.94. The minimum absolute atomic E-state index is 0.437. The highest BCUT2D eigenvalue weighted by molar-refractivity contribution is 6.02. The molecule has 0 saturated heterocycles. The van der Waals surface area contributed by atoms with E-state index in [1.165, 1.54) is 22.3 Å². The number of nitrogens with two attached hydrogens (primary N) is 1. The highest BCUT2D eigenvalue weighted by Gasteiger charge is 2.05. The number of rotatable bonds is 7. The Morgan fingerprint density at radius 1 is 0.742 bits per heavy atom. The Morgan fingerprint density at radius 2 is 1.29 bits per heavy atom. The summed E-state index contributed by atoms with van der Waals surface area (Å²) in [5.74, 6) is -0.437. The van der Waals surface area contributed by atoms with Crippen molar-refractivity contribution >= 4 is 17.3 Å².